The third kappa shape index (κ3) is 3.56. The molecule has 1 amide bonds. The summed E-state index contributed by atoms with van der Waals surface area (Å²) in [5, 5.41) is 11.2. The molecule has 3 aromatic rings. The molecular formula is C16H19N5OS. The van der Waals surface area contributed by atoms with E-state index in [0.717, 1.165) is 23.6 Å². The number of rotatable bonds is 7. The Labute approximate surface area is 138 Å². The topological polar surface area (TPSA) is 64.2 Å². The fraction of sp³-hybridized carbons (Fsp3) is 0.312. The van der Waals surface area contributed by atoms with Gasteiger partial charge in [-0.3, -0.25) is 9.20 Å². The van der Waals surface area contributed by atoms with Gasteiger partial charge in [0.15, 0.2) is 11.5 Å². The summed E-state index contributed by atoms with van der Waals surface area (Å²) < 4.78 is 3.83. The highest BCUT2D eigenvalue weighted by atomic mass is 32.2. The zero-order valence-corrected chi connectivity index (χ0v) is 13.7. The lowest BCUT2D eigenvalue weighted by molar-refractivity contribution is -0.124. The molecule has 0 saturated carbocycles. The molecule has 0 aliphatic heterocycles. The number of fused-ring (bicyclic) bond motifs is 1. The first kappa shape index (κ1) is 15.6. The molecular weight excluding hydrogens is 310 g/mol. The highest BCUT2D eigenvalue weighted by molar-refractivity contribution is 7.98. The highest BCUT2D eigenvalue weighted by Crippen LogP contribution is 2.15. The van der Waals surface area contributed by atoms with Gasteiger partial charge in [0.2, 0.25) is 5.91 Å². The number of hydrogen-bond acceptors (Lipinski definition) is 4. The number of thioether (sulfide) groups is 1. The van der Waals surface area contributed by atoms with Crippen LogP contribution in [0, 0.1) is 0 Å². The first-order chi connectivity index (χ1) is 11.3. The van der Waals surface area contributed by atoms with Gasteiger partial charge in [0.25, 0.3) is 0 Å². The van der Waals surface area contributed by atoms with Crippen LogP contribution >= 0.6 is 11.8 Å². The van der Waals surface area contributed by atoms with Crippen molar-refractivity contribution in [3.63, 3.8) is 0 Å². The summed E-state index contributed by atoms with van der Waals surface area (Å²) in [6, 6.07) is 9.40. The van der Waals surface area contributed by atoms with Crippen LogP contribution in [0.2, 0.25) is 0 Å². The second-order valence-electron chi connectivity index (χ2n) is 5.19. The number of aromatic nitrogens is 4. The van der Waals surface area contributed by atoms with E-state index in [0.29, 0.717) is 6.54 Å². The Morgan fingerprint density at radius 2 is 2.00 bits per heavy atom. The van der Waals surface area contributed by atoms with Crippen molar-refractivity contribution in [1.82, 2.24) is 24.5 Å². The zero-order valence-electron chi connectivity index (χ0n) is 12.9. The number of pyridine rings is 1. The van der Waals surface area contributed by atoms with Gasteiger partial charge in [0, 0.05) is 18.6 Å². The third-order valence-corrected chi connectivity index (χ3v) is 4.33. The second kappa shape index (κ2) is 7.32. The predicted octanol–water partition coefficient (Wildman–Crippen LogP) is 2.14. The van der Waals surface area contributed by atoms with Gasteiger partial charge >= 0.3 is 0 Å². The quantitative estimate of drug-likeness (QED) is 0.721. The van der Waals surface area contributed by atoms with Gasteiger partial charge in [-0.25, -0.2) is 0 Å². The average Bonchev–Trinajstić information content (AvgIpc) is 3.23. The molecule has 1 atom stereocenters. The Morgan fingerprint density at radius 3 is 2.78 bits per heavy atom. The van der Waals surface area contributed by atoms with Gasteiger partial charge in [-0.05, 0) is 42.7 Å². The number of amides is 1. The minimum Gasteiger partial charge on any atom is -0.347 e. The first-order valence-electron chi connectivity index (χ1n) is 7.47. The van der Waals surface area contributed by atoms with E-state index in [2.05, 4.69) is 15.5 Å². The molecule has 0 saturated heterocycles. The van der Waals surface area contributed by atoms with Gasteiger partial charge in [-0.15, -0.1) is 10.2 Å². The number of nitrogens with one attached hydrogen (secondary N) is 1. The van der Waals surface area contributed by atoms with E-state index in [1.54, 1.807) is 11.8 Å². The Bertz CT molecular complexity index is 768. The number of carbonyl (C=O) groups is 1. The van der Waals surface area contributed by atoms with Crippen molar-refractivity contribution in [3.8, 4) is 0 Å². The monoisotopic (exact) mass is 329 g/mol. The number of hydrogen-bond donors (Lipinski definition) is 1. The van der Waals surface area contributed by atoms with E-state index in [9.17, 15) is 4.79 Å². The molecule has 0 unspecified atom stereocenters. The summed E-state index contributed by atoms with van der Waals surface area (Å²) >= 11 is 1.74. The Morgan fingerprint density at radius 1 is 1.22 bits per heavy atom. The van der Waals surface area contributed by atoms with E-state index in [-0.39, 0.29) is 11.9 Å². The molecule has 6 nitrogen and oxygen atoms in total. The van der Waals surface area contributed by atoms with Crippen LogP contribution in [0.1, 0.15) is 18.3 Å². The molecule has 0 fully saturated rings. The van der Waals surface area contributed by atoms with Crippen molar-refractivity contribution in [2.75, 3.05) is 12.0 Å². The molecule has 3 heterocycles. The van der Waals surface area contributed by atoms with Crippen molar-refractivity contribution >= 4 is 23.3 Å². The Kier molecular flexibility index (Phi) is 4.97. The van der Waals surface area contributed by atoms with Crippen LogP contribution in [0.4, 0.5) is 0 Å². The van der Waals surface area contributed by atoms with Crippen LogP contribution in [0.5, 0.6) is 0 Å². The molecule has 0 spiro atoms. The van der Waals surface area contributed by atoms with E-state index < -0.39 is 0 Å². The summed E-state index contributed by atoms with van der Waals surface area (Å²) in [6.07, 6.45) is 8.59. The molecule has 7 heteroatoms. The molecule has 0 radical (unpaired) electrons. The van der Waals surface area contributed by atoms with Crippen LogP contribution in [-0.2, 0) is 11.3 Å². The minimum atomic E-state index is -0.198. The summed E-state index contributed by atoms with van der Waals surface area (Å²) in [5.74, 6) is 1.66. The second-order valence-corrected chi connectivity index (χ2v) is 6.18. The highest BCUT2D eigenvalue weighted by Gasteiger charge is 2.19. The maximum atomic E-state index is 12.6. The Hall–Kier alpha value is -2.28. The van der Waals surface area contributed by atoms with Gasteiger partial charge in [-0.1, -0.05) is 6.07 Å². The van der Waals surface area contributed by atoms with Gasteiger partial charge in [0.05, 0.1) is 6.54 Å². The molecule has 0 bridgehead atoms. The first-order valence-corrected chi connectivity index (χ1v) is 8.86. The smallest absolute Gasteiger partial charge is 0.243 e. The largest absolute Gasteiger partial charge is 0.347 e. The minimum absolute atomic E-state index is 0.00271. The van der Waals surface area contributed by atoms with Crippen LogP contribution in [-0.4, -0.2) is 37.1 Å². The Balaban J connectivity index is 1.69. The van der Waals surface area contributed by atoms with Crippen molar-refractivity contribution in [1.29, 1.82) is 0 Å². The fourth-order valence-corrected chi connectivity index (χ4v) is 2.96. The maximum Gasteiger partial charge on any atom is 0.243 e. The molecule has 0 aliphatic carbocycles. The van der Waals surface area contributed by atoms with Crippen molar-refractivity contribution in [2.24, 2.45) is 0 Å². The average molecular weight is 329 g/mol. The molecule has 1 N–H and O–H groups in total. The number of carbonyl (C=O) groups excluding carboxylic acids is 1. The van der Waals surface area contributed by atoms with Gasteiger partial charge < -0.3 is 9.88 Å². The van der Waals surface area contributed by atoms with Gasteiger partial charge in [-0.2, -0.15) is 11.8 Å². The van der Waals surface area contributed by atoms with Crippen molar-refractivity contribution in [3.05, 3.63) is 54.7 Å². The van der Waals surface area contributed by atoms with Crippen LogP contribution in [0.3, 0.4) is 0 Å². The third-order valence-electron chi connectivity index (χ3n) is 3.69. The lowest BCUT2D eigenvalue weighted by Crippen LogP contribution is -2.32. The summed E-state index contributed by atoms with van der Waals surface area (Å²) in [4.78, 5) is 12.6. The van der Waals surface area contributed by atoms with Crippen LogP contribution in [0.25, 0.3) is 5.65 Å². The molecule has 0 aliphatic rings. The zero-order chi connectivity index (χ0) is 16.1. The molecule has 120 valence electrons. The molecule has 3 rings (SSSR count). The van der Waals surface area contributed by atoms with E-state index in [1.807, 2.05) is 64.1 Å². The molecule has 3 aromatic heterocycles. The van der Waals surface area contributed by atoms with Crippen molar-refractivity contribution in [2.45, 2.75) is 19.0 Å². The van der Waals surface area contributed by atoms with E-state index in [1.165, 1.54) is 0 Å². The SMILES string of the molecule is CSCC[C@H](C(=O)NCc1nnc2ccccn12)n1cccc1. The molecule has 0 aromatic carbocycles. The fourth-order valence-electron chi connectivity index (χ4n) is 2.50. The lowest BCUT2D eigenvalue weighted by atomic mass is 10.2. The van der Waals surface area contributed by atoms with Crippen LogP contribution < -0.4 is 5.32 Å². The van der Waals surface area contributed by atoms with Crippen LogP contribution in [0.15, 0.2) is 48.9 Å². The van der Waals surface area contributed by atoms with Gasteiger partial charge in [0.1, 0.15) is 6.04 Å². The summed E-state index contributed by atoms with van der Waals surface area (Å²) in [5.41, 5.74) is 0.779. The summed E-state index contributed by atoms with van der Waals surface area (Å²) in [6.45, 7) is 0.362. The normalized spacial score (nSPS) is 12.4. The van der Waals surface area contributed by atoms with E-state index >= 15 is 0 Å². The molecule has 23 heavy (non-hydrogen) atoms. The summed E-state index contributed by atoms with van der Waals surface area (Å²) in [7, 11) is 0. The maximum absolute atomic E-state index is 12.6. The predicted molar refractivity (Wildman–Crippen MR) is 91.3 cm³/mol. The lowest BCUT2D eigenvalue weighted by Gasteiger charge is -2.18. The van der Waals surface area contributed by atoms with Crippen molar-refractivity contribution < 1.29 is 4.79 Å². The van der Waals surface area contributed by atoms with E-state index in [4.69, 9.17) is 0 Å². The standard InChI is InChI=1S/C16H19N5OS/c1-23-11-7-13(20-8-4-5-9-20)16(22)17-12-15-19-18-14-6-2-3-10-21(14)15/h2-6,8-10,13H,7,11-12H2,1H3,(H,17,22)/t13-/m1/s1. The number of nitrogens with zero attached hydrogens (tertiary/aromatic N) is 4.